The summed E-state index contributed by atoms with van der Waals surface area (Å²) in [5.41, 5.74) is 2.65. The molecule has 1 heterocycles. The summed E-state index contributed by atoms with van der Waals surface area (Å²) in [5.74, 6) is 2.71. The van der Waals surface area contributed by atoms with Gasteiger partial charge in [0.05, 0.1) is 14.2 Å². The Bertz CT molecular complexity index is 646. The van der Waals surface area contributed by atoms with Gasteiger partial charge in [-0.25, -0.2) is 4.98 Å². The van der Waals surface area contributed by atoms with Crippen LogP contribution in [0.2, 0.25) is 0 Å². The van der Waals surface area contributed by atoms with Crippen molar-refractivity contribution < 1.29 is 9.47 Å². The monoisotopic (exact) mass is 302 g/mol. The molecule has 118 valence electrons. The van der Waals surface area contributed by atoms with Crippen molar-refractivity contribution in [3.63, 3.8) is 0 Å². The molecule has 1 aromatic carbocycles. The van der Waals surface area contributed by atoms with Crippen molar-refractivity contribution in [3.05, 3.63) is 29.5 Å². The van der Waals surface area contributed by atoms with Crippen molar-refractivity contribution in [2.75, 3.05) is 38.5 Å². The van der Waals surface area contributed by atoms with E-state index in [9.17, 15) is 0 Å². The number of benzene rings is 1. The fourth-order valence-corrected chi connectivity index (χ4v) is 2.11. The lowest BCUT2D eigenvalue weighted by Gasteiger charge is -2.17. The van der Waals surface area contributed by atoms with Gasteiger partial charge >= 0.3 is 0 Å². The molecule has 0 amide bonds. The SMILES string of the molecule is COc1cc(C)cc(OC)c1Nc1nc(C)cc(N(C)C)n1. The van der Waals surface area contributed by atoms with E-state index in [2.05, 4.69) is 15.3 Å². The van der Waals surface area contributed by atoms with Crippen molar-refractivity contribution in [1.29, 1.82) is 0 Å². The summed E-state index contributed by atoms with van der Waals surface area (Å²) in [6, 6.07) is 5.80. The number of nitrogens with one attached hydrogen (secondary N) is 1. The minimum absolute atomic E-state index is 0.504. The van der Waals surface area contributed by atoms with Crippen LogP contribution in [0.25, 0.3) is 0 Å². The Morgan fingerprint density at radius 2 is 1.55 bits per heavy atom. The van der Waals surface area contributed by atoms with Crippen LogP contribution in [0.3, 0.4) is 0 Å². The molecule has 2 aromatic rings. The van der Waals surface area contributed by atoms with Crippen LogP contribution in [0.4, 0.5) is 17.5 Å². The fraction of sp³-hybridized carbons (Fsp3) is 0.375. The predicted molar refractivity (Wildman–Crippen MR) is 88.7 cm³/mol. The second-order valence-electron chi connectivity index (χ2n) is 5.26. The van der Waals surface area contributed by atoms with Gasteiger partial charge in [-0.15, -0.1) is 0 Å². The van der Waals surface area contributed by atoms with E-state index in [0.717, 1.165) is 17.1 Å². The summed E-state index contributed by atoms with van der Waals surface area (Å²) in [6.07, 6.45) is 0. The summed E-state index contributed by atoms with van der Waals surface area (Å²) >= 11 is 0. The van der Waals surface area contributed by atoms with Gasteiger partial charge in [-0.1, -0.05) is 0 Å². The molecule has 6 nitrogen and oxygen atoms in total. The molecule has 0 saturated carbocycles. The van der Waals surface area contributed by atoms with Gasteiger partial charge in [-0.05, 0) is 31.5 Å². The van der Waals surface area contributed by atoms with E-state index in [1.165, 1.54) is 0 Å². The van der Waals surface area contributed by atoms with Crippen LogP contribution in [-0.4, -0.2) is 38.3 Å². The Kier molecular flexibility index (Phi) is 4.70. The van der Waals surface area contributed by atoms with Crippen LogP contribution in [-0.2, 0) is 0 Å². The molecule has 0 aliphatic heterocycles. The zero-order valence-corrected chi connectivity index (χ0v) is 13.9. The maximum absolute atomic E-state index is 5.44. The van der Waals surface area contributed by atoms with Crippen molar-refractivity contribution in [2.45, 2.75) is 13.8 Å². The second-order valence-corrected chi connectivity index (χ2v) is 5.26. The zero-order chi connectivity index (χ0) is 16.3. The Labute approximate surface area is 131 Å². The van der Waals surface area contributed by atoms with Crippen LogP contribution >= 0.6 is 0 Å². The normalized spacial score (nSPS) is 10.3. The average Bonchev–Trinajstić information content (AvgIpc) is 2.47. The molecule has 0 radical (unpaired) electrons. The lowest BCUT2D eigenvalue weighted by atomic mass is 10.2. The van der Waals surface area contributed by atoms with Crippen molar-refractivity contribution in [1.82, 2.24) is 9.97 Å². The van der Waals surface area contributed by atoms with Crippen LogP contribution < -0.4 is 19.7 Å². The van der Waals surface area contributed by atoms with Gasteiger partial charge in [-0.2, -0.15) is 4.98 Å². The highest BCUT2D eigenvalue weighted by Gasteiger charge is 2.14. The third kappa shape index (κ3) is 3.39. The maximum Gasteiger partial charge on any atom is 0.229 e. The standard InChI is InChI=1S/C16H22N4O2/c1-10-7-12(21-5)15(13(8-10)22-6)19-16-17-11(2)9-14(18-16)20(3)4/h7-9H,1-6H3,(H,17,18,19). The molecule has 1 N–H and O–H groups in total. The quantitative estimate of drug-likeness (QED) is 0.916. The van der Waals surface area contributed by atoms with Crippen LogP contribution in [0.1, 0.15) is 11.3 Å². The molecule has 0 atom stereocenters. The number of aromatic nitrogens is 2. The van der Waals surface area contributed by atoms with Crippen LogP contribution in [0.5, 0.6) is 11.5 Å². The topological polar surface area (TPSA) is 59.5 Å². The van der Waals surface area contributed by atoms with Gasteiger partial charge in [0.25, 0.3) is 0 Å². The highest BCUT2D eigenvalue weighted by Crippen LogP contribution is 2.37. The second kappa shape index (κ2) is 6.51. The molecule has 0 aliphatic carbocycles. The number of anilines is 3. The highest BCUT2D eigenvalue weighted by molar-refractivity contribution is 5.72. The van der Waals surface area contributed by atoms with Crippen LogP contribution in [0, 0.1) is 13.8 Å². The largest absolute Gasteiger partial charge is 0.494 e. The highest BCUT2D eigenvalue weighted by atomic mass is 16.5. The number of ether oxygens (including phenoxy) is 2. The van der Waals surface area contributed by atoms with Gasteiger partial charge < -0.3 is 19.7 Å². The first kappa shape index (κ1) is 15.9. The molecule has 0 unspecified atom stereocenters. The van der Waals surface area contributed by atoms with Gasteiger partial charge in [0.1, 0.15) is 23.0 Å². The van der Waals surface area contributed by atoms with E-state index in [1.54, 1.807) is 14.2 Å². The number of rotatable bonds is 5. The molecule has 2 rings (SSSR count). The molecule has 6 heteroatoms. The third-order valence-corrected chi connectivity index (χ3v) is 3.19. The minimum Gasteiger partial charge on any atom is -0.494 e. The minimum atomic E-state index is 0.504. The first-order valence-electron chi connectivity index (χ1n) is 6.97. The summed E-state index contributed by atoms with van der Waals surface area (Å²) in [4.78, 5) is 10.9. The summed E-state index contributed by atoms with van der Waals surface area (Å²) in [6.45, 7) is 3.92. The molecule has 0 fully saturated rings. The summed E-state index contributed by atoms with van der Waals surface area (Å²) < 4.78 is 10.9. The molecule has 0 saturated heterocycles. The van der Waals surface area contributed by atoms with E-state index in [0.29, 0.717) is 23.1 Å². The Morgan fingerprint density at radius 3 is 2.05 bits per heavy atom. The molecule has 1 aromatic heterocycles. The number of aryl methyl sites for hydroxylation is 2. The first-order valence-corrected chi connectivity index (χ1v) is 6.97. The van der Waals surface area contributed by atoms with E-state index in [-0.39, 0.29) is 0 Å². The lowest BCUT2D eigenvalue weighted by molar-refractivity contribution is 0.397. The van der Waals surface area contributed by atoms with Crippen molar-refractivity contribution >= 4 is 17.5 Å². The van der Waals surface area contributed by atoms with Gasteiger partial charge in [-0.3, -0.25) is 0 Å². The number of methoxy groups -OCH3 is 2. The fourth-order valence-electron chi connectivity index (χ4n) is 2.11. The summed E-state index contributed by atoms with van der Waals surface area (Å²) in [5, 5.41) is 3.21. The number of hydrogen-bond donors (Lipinski definition) is 1. The molecular formula is C16H22N4O2. The molecule has 0 spiro atoms. The van der Waals surface area contributed by atoms with Crippen molar-refractivity contribution in [2.24, 2.45) is 0 Å². The van der Waals surface area contributed by atoms with Gasteiger partial charge in [0, 0.05) is 25.9 Å². The van der Waals surface area contributed by atoms with Gasteiger partial charge in [0.2, 0.25) is 5.95 Å². The Hall–Kier alpha value is -2.50. The van der Waals surface area contributed by atoms with E-state index in [1.807, 2.05) is 51.0 Å². The average molecular weight is 302 g/mol. The first-order chi connectivity index (χ1) is 10.4. The molecule has 22 heavy (non-hydrogen) atoms. The Morgan fingerprint density at radius 1 is 0.955 bits per heavy atom. The molecular weight excluding hydrogens is 280 g/mol. The maximum atomic E-state index is 5.44. The molecule has 0 aliphatic rings. The van der Waals surface area contributed by atoms with E-state index in [4.69, 9.17) is 9.47 Å². The number of nitrogens with zero attached hydrogens (tertiary/aromatic N) is 3. The van der Waals surface area contributed by atoms with E-state index < -0.39 is 0 Å². The van der Waals surface area contributed by atoms with Crippen molar-refractivity contribution in [3.8, 4) is 11.5 Å². The lowest BCUT2D eigenvalue weighted by Crippen LogP contribution is -2.13. The third-order valence-electron chi connectivity index (χ3n) is 3.19. The molecule has 0 bridgehead atoms. The smallest absolute Gasteiger partial charge is 0.229 e. The van der Waals surface area contributed by atoms with Gasteiger partial charge in [0.15, 0.2) is 0 Å². The van der Waals surface area contributed by atoms with Crippen LogP contribution in [0.15, 0.2) is 18.2 Å². The van der Waals surface area contributed by atoms with E-state index >= 15 is 0 Å². The Balaban J connectivity index is 2.46. The predicted octanol–water partition coefficient (Wildman–Crippen LogP) is 2.92. The summed E-state index contributed by atoms with van der Waals surface area (Å²) in [7, 11) is 7.14. The zero-order valence-electron chi connectivity index (χ0n) is 13.9. The number of hydrogen-bond acceptors (Lipinski definition) is 6.